The molecule has 0 aliphatic heterocycles. The van der Waals surface area contributed by atoms with Crippen LogP contribution in [-0.4, -0.2) is 5.91 Å². The van der Waals surface area contributed by atoms with Gasteiger partial charge in [-0.15, -0.1) is 0 Å². The lowest BCUT2D eigenvalue weighted by atomic mass is 10.1. The fourth-order valence-corrected chi connectivity index (χ4v) is 2.09. The van der Waals surface area contributed by atoms with Crippen molar-refractivity contribution in [2.45, 2.75) is 12.8 Å². The minimum absolute atomic E-state index is 0.106. The van der Waals surface area contributed by atoms with Crippen LogP contribution in [0.4, 0.5) is 11.4 Å². The van der Waals surface area contributed by atoms with Crippen LogP contribution in [0.1, 0.15) is 12.0 Å². The Kier molecular flexibility index (Phi) is 4.88. The molecule has 0 radical (unpaired) electrons. The second-order valence-corrected chi connectivity index (χ2v) is 5.26. The average molecular weight is 309 g/mol. The van der Waals surface area contributed by atoms with Gasteiger partial charge in [0.2, 0.25) is 5.91 Å². The van der Waals surface area contributed by atoms with Gasteiger partial charge in [0.15, 0.2) is 0 Å². The number of anilines is 2. The Balaban J connectivity index is 1.92. The lowest BCUT2D eigenvalue weighted by Crippen LogP contribution is -2.12. The minimum atomic E-state index is -0.106. The van der Waals surface area contributed by atoms with Gasteiger partial charge in [0, 0.05) is 17.1 Å². The predicted octanol–water partition coefficient (Wildman–Crippen LogP) is 4.15. The topological polar surface area (TPSA) is 55.1 Å². The van der Waals surface area contributed by atoms with Crippen LogP contribution in [0, 0.1) is 0 Å². The first-order valence-corrected chi connectivity index (χ1v) is 6.89. The van der Waals surface area contributed by atoms with Gasteiger partial charge in [0.05, 0.1) is 10.7 Å². The molecule has 0 saturated carbocycles. The van der Waals surface area contributed by atoms with Gasteiger partial charge in [-0.3, -0.25) is 4.79 Å². The lowest BCUT2D eigenvalue weighted by Gasteiger charge is -2.08. The molecule has 0 saturated heterocycles. The maximum absolute atomic E-state index is 11.9. The van der Waals surface area contributed by atoms with E-state index in [1.807, 2.05) is 24.3 Å². The maximum atomic E-state index is 11.9. The molecule has 2 rings (SSSR count). The number of halogens is 2. The summed E-state index contributed by atoms with van der Waals surface area (Å²) in [6.07, 6.45) is 1.01. The number of carbonyl (C=O) groups excluding carboxylic acids is 1. The monoisotopic (exact) mass is 308 g/mol. The Bertz CT molecular complexity index is 612. The number of amides is 1. The fraction of sp³-hybridized carbons (Fsp3) is 0.133. The Morgan fingerprint density at radius 1 is 1.10 bits per heavy atom. The van der Waals surface area contributed by atoms with Crippen molar-refractivity contribution in [3.05, 3.63) is 58.1 Å². The van der Waals surface area contributed by atoms with Crippen LogP contribution in [0.15, 0.2) is 42.5 Å². The van der Waals surface area contributed by atoms with Crippen LogP contribution < -0.4 is 11.1 Å². The molecule has 3 N–H and O–H groups in total. The van der Waals surface area contributed by atoms with Gasteiger partial charge < -0.3 is 11.1 Å². The number of hydrogen-bond acceptors (Lipinski definition) is 2. The number of carbonyl (C=O) groups is 1. The predicted molar refractivity (Wildman–Crippen MR) is 84.3 cm³/mol. The van der Waals surface area contributed by atoms with Crippen molar-refractivity contribution in [3.63, 3.8) is 0 Å². The Morgan fingerprint density at radius 3 is 2.50 bits per heavy atom. The molecule has 0 fully saturated rings. The number of hydrogen-bond donors (Lipinski definition) is 2. The first kappa shape index (κ1) is 14.7. The summed E-state index contributed by atoms with van der Waals surface area (Å²) in [4.78, 5) is 11.9. The minimum Gasteiger partial charge on any atom is -0.399 e. The summed E-state index contributed by atoms with van der Waals surface area (Å²) >= 11 is 11.9. The molecule has 20 heavy (non-hydrogen) atoms. The van der Waals surface area contributed by atoms with Crippen molar-refractivity contribution in [1.29, 1.82) is 0 Å². The Morgan fingerprint density at radius 2 is 1.80 bits per heavy atom. The highest BCUT2D eigenvalue weighted by Crippen LogP contribution is 2.25. The van der Waals surface area contributed by atoms with Crippen LogP contribution in [0.2, 0.25) is 10.0 Å². The summed E-state index contributed by atoms with van der Waals surface area (Å²) in [5.41, 5.74) is 7.91. The number of aryl methyl sites for hydroxylation is 1. The van der Waals surface area contributed by atoms with E-state index in [1.54, 1.807) is 18.2 Å². The zero-order valence-corrected chi connectivity index (χ0v) is 12.2. The molecule has 2 aromatic carbocycles. The smallest absolute Gasteiger partial charge is 0.224 e. The van der Waals surface area contributed by atoms with Crippen molar-refractivity contribution >= 4 is 40.5 Å². The largest absolute Gasteiger partial charge is 0.399 e. The number of nitrogens with two attached hydrogens (primary N) is 1. The van der Waals surface area contributed by atoms with Crippen LogP contribution >= 0.6 is 23.2 Å². The molecule has 104 valence electrons. The molecule has 0 aromatic heterocycles. The molecular formula is C15H14Cl2N2O. The van der Waals surface area contributed by atoms with E-state index in [-0.39, 0.29) is 5.91 Å². The van der Waals surface area contributed by atoms with Crippen LogP contribution in [0.3, 0.4) is 0 Å². The highest BCUT2D eigenvalue weighted by molar-refractivity contribution is 6.35. The van der Waals surface area contributed by atoms with E-state index in [1.165, 1.54) is 0 Å². The highest BCUT2D eigenvalue weighted by atomic mass is 35.5. The fourth-order valence-electron chi connectivity index (χ4n) is 1.75. The van der Waals surface area contributed by atoms with E-state index >= 15 is 0 Å². The van der Waals surface area contributed by atoms with Crippen molar-refractivity contribution in [2.24, 2.45) is 0 Å². The number of nitrogen functional groups attached to an aromatic ring is 1. The maximum Gasteiger partial charge on any atom is 0.224 e. The van der Waals surface area contributed by atoms with Gasteiger partial charge in [0.25, 0.3) is 0 Å². The first-order chi connectivity index (χ1) is 9.54. The van der Waals surface area contributed by atoms with Crippen molar-refractivity contribution in [3.8, 4) is 0 Å². The summed E-state index contributed by atoms with van der Waals surface area (Å²) in [6.45, 7) is 0. The highest BCUT2D eigenvalue weighted by Gasteiger charge is 2.07. The third-order valence-corrected chi connectivity index (χ3v) is 3.39. The van der Waals surface area contributed by atoms with Gasteiger partial charge in [-0.05, 0) is 42.3 Å². The normalized spacial score (nSPS) is 10.3. The quantitative estimate of drug-likeness (QED) is 0.834. The van der Waals surface area contributed by atoms with Gasteiger partial charge >= 0.3 is 0 Å². The molecule has 0 aliphatic carbocycles. The second-order valence-electron chi connectivity index (χ2n) is 4.41. The van der Waals surface area contributed by atoms with Crippen molar-refractivity contribution in [1.82, 2.24) is 0 Å². The summed E-state index contributed by atoms with van der Waals surface area (Å²) in [7, 11) is 0. The molecule has 3 nitrogen and oxygen atoms in total. The van der Waals surface area contributed by atoms with Gasteiger partial charge in [-0.25, -0.2) is 0 Å². The lowest BCUT2D eigenvalue weighted by molar-refractivity contribution is -0.116. The standard InChI is InChI=1S/C15H14Cl2N2O/c16-11-4-7-13(17)14(9-11)19-15(20)8-3-10-1-5-12(18)6-2-10/h1-2,4-7,9H,3,8,18H2,(H,19,20). The molecule has 5 heteroatoms. The molecule has 0 aliphatic rings. The molecule has 0 heterocycles. The van der Waals surface area contributed by atoms with E-state index in [0.717, 1.165) is 5.56 Å². The molecule has 0 bridgehead atoms. The van der Waals surface area contributed by atoms with Crippen molar-refractivity contribution in [2.75, 3.05) is 11.1 Å². The van der Waals surface area contributed by atoms with Crippen LogP contribution in [0.25, 0.3) is 0 Å². The average Bonchev–Trinajstić information content (AvgIpc) is 2.42. The SMILES string of the molecule is Nc1ccc(CCC(=O)Nc2cc(Cl)ccc2Cl)cc1. The number of rotatable bonds is 4. The summed E-state index contributed by atoms with van der Waals surface area (Å²) in [5.74, 6) is -0.106. The molecule has 0 unspecified atom stereocenters. The third kappa shape index (κ3) is 4.15. The van der Waals surface area contributed by atoms with Gasteiger partial charge in [0.1, 0.15) is 0 Å². The Labute approximate surface area is 127 Å². The molecule has 2 aromatic rings. The third-order valence-electron chi connectivity index (χ3n) is 2.82. The molecular weight excluding hydrogens is 295 g/mol. The van der Waals surface area contributed by atoms with Gasteiger partial charge in [-0.2, -0.15) is 0 Å². The molecule has 1 amide bonds. The number of nitrogens with one attached hydrogen (secondary N) is 1. The Hall–Kier alpha value is -1.71. The van der Waals surface area contributed by atoms with Crippen LogP contribution in [-0.2, 0) is 11.2 Å². The zero-order chi connectivity index (χ0) is 14.5. The summed E-state index contributed by atoms with van der Waals surface area (Å²) in [6, 6.07) is 12.4. The molecule has 0 atom stereocenters. The van der Waals surface area contributed by atoms with E-state index < -0.39 is 0 Å². The van der Waals surface area contributed by atoms with E-state index in [2.05, 4.69) is 5.32 Å². The zero-order valence-electron chi connectivity index (χ0n) is 10.7. The second kappa shape index (κ2) is 6.64. The molecule has 0 spiro atoms. The van der Waals surface area contributed by atoms with E-state index in [4.69, 9.17) is 28.9 Å². The first-order valence-electron chi connectivity index (χ1n) is 6.14. The summed E-state index contributed by atoms with van der Waals surface area (Å²) in [5, 5.41) is 3.75. The number of benzene rings is 2. The van der Waals surface area contributed by atoms with E-state index in [0.29, 0.717) is 34.3 Å². The van der Waals surface area contributed by atoms with Gasteiger partial charge in [-0.1, -0.05) is 35.3 Å². The summed E-state index contributed by atoms with van der Waals surface area (Å²) < 4.78 is 0. The van der Waals surface area contributed by atoms with E-state index in [9.17, 15) is 4.79 Å². The van der Waals surface area contributed by atoms with Crippen LogP contribution in [0.5, 0.6) is 0 Å². The van der Waals surface area contributed by atoms with Crippen molar-refractivity contribution < 1.29 is 4.79 Å².